The van der Waals surface area contributed by atoms with Crippen LogP contribution in [0.5, 0.6) is 0 Å². The van der Waals surface area contributed by atoms with Crippen LogP contribution >= 0.6 is 11.3 Å². The SMILES string of the molecule is Cc1ccc(/C(O)=C2/C(=O)C(=O)N(c3cccc(C)c3C)C2c2cccs2)cc1C. The lowest BCUT2D eigenvalue weighted by atomic mass is 9.97. The van der Waals surface area contributed by atoms with E-state index in [2.05, 4.69) is 0 Å². The highest BCUT2D eigenvalue weighted by Crippen LogP contribution is 2.44. The van der Waals surface area contributed by atoms with Crippen molar-refractivity contribution in [1.82, 2.24) is 0 Å². The van der Waals surface area contributed by atoms with Gasteiger partial charge in [-0.25, -0.2) is 0 Å². The van der Waals surface area contributed by atoms with E-state index in [-0.39, 0.29) is 11.3 Å². The average molecular weight is 418 g/mol. The van der Waals surface area contributed by atoms with Crippen LogP contribution in [0.3, 0.4) is 0 Å². The highest BCUT2D eigenvalue weighted by molar-refractivity contribution is 7.10. The average Bonchev–Trinajstić information content (AvgIpc) is 3.33. The van der Waals surface area contributed by atoms with Crippen molar-refractivity contribution in [3.8, 4) is 0 Å². The van der Waals surface area contributed by atoms with Gasteiger partial charge in [-0.05, 0) is 73.5 Å². The molecule has 5 heteroatoms. The van der Waals surface area contributed by atoms with Gasteiger partial charge in [-0.3, -0.25) is 14.5 Å². The quantitative estimate of drug-likeness (QED) is 0.342. The van der Waals surface area contributed by atoms with Crippen LogP contribution < -0.4 is 4.90 Å². The van der Waals surface area contributed by atoms with Crippen LogP contribution in [-0.4, -0.2) is 16.8 Å². The maximum atomic E-state index is 13.2. The molecule has 0 bridgehead atoms. The van der Waals surface area contributed by atoms with E-state index in [1.165, 1.54) is 16.2 Å². The van der Waals surface area contributed by atoms with Crippen molar-refractivity contribution in [1.29, 1.82) is 0 Å². The first-order valence-corrected chi connectivity index (χ1v) is 10.7. The molecule has 2 aromatic carbocycles. The molecule has 2 heterocycles. The van der Waals surface area contributed by atoms with Gasteiger partial charge >= 0.3 is 0 Å². The first-order valence-electron chi connectivity index (χ1n) is 9.79. The molecule has 1 fully saturated rings. The van der Waals surface area contributed by atoms with Crippen molar-refractivity contribution < 1.29 is 14.7 Å². The number of thiophene rings is 1. The number of carbonyl (C=O) groups excluding carboxylic acids is 2. The van der Waals surface area contributed by atoms with Gasteiger partial charge in [-0.15, -0.1) is 11.3 Å². The Morgan fingerprint density at radius 1 is 0.933 bits per heavy atom. The molecule has 0 radical (unpaired) electrons. The zero-order valence-corrected chi connectivity index (χ0v) is 18.2. The molecule has 3 aromatic rings. The molecule has 1 unspecified atom stereocenters. The molecule has 1 aromatic heterocycles. The Kier molecular flexibility index (Phi) is 5.08. The third-order valence-electron chi connectivity index (χ3n) is 5.87. The lowest BCUT2D eigenvalue weighted by molar-refractivity contribution is -0.132. The predicted octanol–water partition coefficient (Wildman–Crippen LogP) is 5.61. The number of hydrogen-bond donors (Lipinski definition) is 1. The fourth-order valence-corrected chi connectivity index (χ4v) is 4.66. The van der Waals surface area contributed by atoms with E-state index in [1.807, 2.05) is 75.5 Å². The van der Waals surface area contributed by atoms with Gasteiger partial charge in [0.25, 0.3) is 11.7 Å². The van der Waals surface area contributed by atoms with Crippen LogP contribution in [0.2, 0.25) is 0 Å². The summed E-state index contributed by atoms with van der Waals surface area (Å²) in [4.78, 5) is 28.7. The number of rotatable bonds is 3. The van der Waals surface area contributed by atoms with E-state index in [9.17, 15) is 14.7 Å². The Hall–Kier alpha value is -3.18. The van der Waals surface area contributed by atoms with Gasteiger partial charge in [0, 0.05) is 16.1 Å². The molecule has 30 heavy (non-hydrogen) atoms. The smallest absolute Gasteiger partial charge is 0.300 e. The summed E-state index contributed by atoms with van der Waals surface area (Å²) in [5, 5.41) is 13.1. The van der Waals surface area contributed by atoms with Gasteiger partial charge < -0.3 is 5.11 Å². The molecule has 4 rings (SSSR count). The number of ketones is 1. The first-order chi connectivity index (χ1) is 14.3. The number of hydrogen-bond acceptors (Lipinski definition) is 4. The van der Waals surface area contributed by atoms with E-state index in [0.717, 1.165) is 27.1 Å². The highest BCUT2D eigenvalue weighted by Gasteiger charge is 2.47. The van der Waals surface area contributed by atoms with Crippen molar-refractivity contribution in [2.75, 3.05) is 4.90 Å². The van der Waals surface area contributed by atoms with Crippen molar-refractivity contribution in [3.05, 3.63) is 92.2 Å². The second-order valence-corrected chi connectivity index (χ2v) is 8.68. The van der Waals surface area contributed by atoms with E-state index in [4.69, 9.17) is 0 Å². The van der Waals surface area contributed by atoms with Crippen molar-refractivity contribution >= 4 is 34.5 Å². The predicted molar refractivity (Wildman–Crippen MR) is 121 cm³/mol. The molecule has 1 saturated heterocycles. The number of carbonyl (C=O) groups is 2. The summed E-state index contributed by atoms with van der Waals surface area (Å²) < 4.78 is 0. The summed E-state index contributed by atoms with van der Waals surface area (Å²) in [6.45, 7) is 7.87. The number of aliphatic hydroxyl groups excluding tert-OH is 1. The monoisotopic (exact) mass is 417 g/mol. The Morgan fingerprint density at radius 3 is 2.37 bits per heavy atom. The van der Waals surface area contributed by atoms with E-state index in [0.29, 0.717) is 11.3 Å². The molecule has 1 amide bonds. The van der Waals surface area contributed by atoms with Crippen LogP contribution in [0.15, 0.2) is 59.5 Å². The minimum absolute atomic E-state index is 0.131. The van der Waals surface area contributed by atoms with Crippen LogP contribution in [0.4, 0.5) is 5.69 Å². The second kappa shape index (κ2) is 7.58. The number of nitrogens with zero attached hydrogens (tertiary/aromatic N) is 1. The number of Topliss-reactive ketones (excluding diaryl/α,β-unsaturated/α-hetero) is 1. The van der Waals surface area contributed by atoms with Crippen molar-refractivity contribution in [2.45, 2.75) is 33.7 Å². The number of benzene rings is 2. The zero-order valence-electron chi connectivity index (χ0n) is 17.4. The molecule has 1 aliphatic heterocycles. The molecule has 1 N–H and O–H groups in total. The summed E-state index contributed by atoms with van der Waals surface area (Å²) in [5.74, 6) is -1.42. The molecule has 1 aliphatic rings. The van der Waals surface area contributed by atoms with Crippen LogP contribution in [0.1, 0.15) is 38.7 Å². The van der Waals surface area contributed by atoms with Gasteiger partial charge in [-0.2, -0.15) is 0 Å². The zero-order chi connectivity index (χ0) is 21.6. The number of aryl methyl sites for hydroxylation is 3. The maximum Gasteiger partial charge on any atom is 0.300 e. The Labute approximate surface area is 180 Å². The molecular formula is C25H23NO3S. The van der Waals surface area contributed by atoms with Gasteiger partial charge in [0.1, 0.15) is 11.8 Å². The van der Waals surface area contributed by atoms with E-state index >= 15 is 0 Å². The number of aliphatic hydroxyl groups is 1. The molecule has 1 atom stereocenters. The first kappa shape index (κ1) is 20.1. The molecule has 4 nitrogen and oxygen atoms in total. The lowest BCUT2D eigenvalue weighted by Crippen LogP contribution is -2.29. The van der Waals surface area contributed by atoms with Gasteiger partial charge in [0.05, 0.1) is 5.57 Å². The third kappa shape index (κ3) is 3.15. The Bertz CT molecular complexity index is 1190. The largest absolute Gasteiger partial charge is 0.507 e. The Balaban J connectivity index is 1.96. The van der Waals surface area contributed by atoms with Gasteiger partial charge in [0.2, 0.25) is 0 Å². The molecule has 152 valence electrons. The highest BCUT2D eigenvalue weighted by atomic mass is 32.1. The second-order valence-electron chi connectivity index (χ2n) is 7.70. The summed E-state index contributed by atoms with van der Waals surface area (Å²) in [7, 11) is 0. The molecule has 0 spiro atoms. The van der Waals surface area contributed by atoms with Crippen LogP contribution in [0, 0.1) is 27.7 Å². The topological polar surface area (TPSA) is 57.6 Å². The number of anilines is 1. The van der Waals surface area contributed by atoms with Gasteiger partial charge in [-0.1, -0.05) is 30.3 Å². The lowest BCUT2D eigenvalue weighted by Gasteiger charge is -2.26. The molecule has 0 saturated carbocycles. The maximum absolute atomic E-state index is 13.2. The fraction of sp³-hybridized carbons (Fsp3) is 0.200. The summed E-state index contributed by atoms with van der Waals surface area (Å²) >= 11 is 1.46. The third-order valence-corrected chi connectivity index (χ3v) is 6.80. The summed E-state index contributed by atoms with van der Waals surface area (Å²) in [6, 6.07) is 14.4. The number of amides is 1. The minimum Gasteiger partial charge on any atom is -0.507 e. The fourth-order valence-electron chi connectivity index (χ4n) is 3.84. The summed E-state index contributed by atoms with van der Waals surface area (Å²) in [6.07, 6.45) is 0. The summed E-state index contributed by atoms with van der Waals surface area (Å²) in [5.41, 5.74) is 5.44. The standard InChI is InChI=1S/C25H23NO3S/c1-14-10-11-18(13-16(14)3)23(27)21-22(20-9-6-12-30-20)26(25(29)24(21)28)19-8-5-7-15(2)17(19)4/h5-13,22,27H,1-4H3/b23-21-. The minimum atomic E-state index is -0.662. The molecular weight excluding hydrogens is 394 g/mol. The normalized spacial score (nSPS) is 18.3. The van der Waals surface area contributed by atoms with Crippen LogP contribution in [0.25, 0.3) is 5.76 Å². The van der Waals surface area contributed by atoms with E-state index < -0.39 is 17.7 Å². The van der Waals surface area contributed by atoms with Crippen molar-refractivity contribution in [2.24, 2.45) is 0 Å². The van der Waals surface area contributed by atoms with Crippen LogP contribution in [-0.2, 0) is 9.59 Å². The van der Waals surface area contributed by atoms with E-state index in [1.54, 1.807) is 6.07 Å². The molecule has 0 aliphatic carbocycles. The van der Waals surface area contributed by atoms with Gasteiger partial charge in [0.15, 0.2) is 0 Å². The van der Waals surface area contributed by atoms with Crippen molar-refractivity contribution in [3.63, 3.8) is 0 Å². The Morgan fingerprint density at radius 2 is 1.70 bits per heavy atom.